The second-order valence-electron chi connectivity index (χ2n) is 6.97. The van der Waals surface area contributed by atoms with Crippen LogP contribution in [0.2, 0.25) is 0 Å². The molecule has 2 aliphatic rings. The maximum atomic E-state index is 14.3. The molecule has 0 saturated heterocycles. The van der Waals surface area contributed by atoms with Crippen molar-refractivity contribution in [3.05, 3.63) is 35.3 Å². The number of aromatic nitrogens is 2. The molecule has 0 bridgehead atoms. The summed E-state index contributed by atoms with van der Waals surface area (Å²) in [6.07, 6.45) is 5.13. The van der Waals surface area contributed by atoms with Crippen LogP contribution in [0.4, 0.5) is 21.8 Å². The van der Waals surface area contributed by atoms with Crippen molar-refractivity contribution in [1.82, 2.24) is 9.97 Å². The van der Waals surface area contributed by atoms with E-state index in [0.717, 1.165) is 30.3 Å². The first-order valence-corrected chi connectivity index (χ1v) is 9.01. The number of rotatable bonds is 2. The number of benzene rings is 1. The lowest BCUT2D eigenvalue weighted by Gasteiger charge is -2.20. The highest BCUT2D eigenvalue weighted by Gasteiger charge is 2.30. The van der Waals surface area contributed by atoms with Crippen molar-refractivity contribution in [2.45, 2.75) is 37.7 Å². The van der Waals surface area contributed by atoms with E-state index in [1.54, 1.807) is 12.0 Å². The molecule has 7 heteroatoms. The van der Waals surface area contributed by atoms with E-state index in [1.165, 1.54) is 0 Å². The van der Waals surface area contributed by atoms with Gasteiger partial charge in [0.15, 0.2) is 11.6 Å². The minimum absolute atomic E-state index is 0.0196. The summed E-state index contributed by atoms with van der Waals surface area (Å²) in [5, 5.41) is 10.5. The third-order valence-electron chi connectivity index (χ3n) is 5.15. The molecular weight excluding hydrogens is 347 g/mol. The standard InChI is InChI=1S/C20H21FN4O2/c1-27-17-11-13(4-8-20(26)6-2-3-7-20)10-16-14(17)5-9-25(16)18-15(21)12-23-19(22)24-18/h10-12,26H,2-3,5-7,9H2,1H3,(H2,22,23,24). The fourth-order valence-electron chi connectivity index (χ4n) is 3.78. The summed E-state index contributed by atoms with van der Waals surface area (Å²) < 4.78 is 19.8. The lowest BCUT2D eigenvalue weighted by molar-refractivity contribution is 0.110. The summed E-state index contributed by atoms with van der Waals surface area (Å²) in [6, 6.07) is 3.74. The van der Waals surface area contributed by atoms with Gasteiger partial charge in [-0.15, -0.1) is 0 Å². The van der Waals surface area contributed by atoms with Crippen molar-refractivity contribution in [2.24, 2.45) is 0 Å². The zero-order valence-electron chi connectivity index (χ0n) is 15.1. The van der Waals surface area contributed by atoms with Crippen molar-refractivity contribution in [1.29, 1.82) is 0 Å². The minimum Gasteiger partial charge on any atom is -0.496 e. The van der Waals surface area contributed by atoms with Gasteiger partial charge in [0.25, 0.3) is 0 Å². The Labute approximate surface area is 157 Å². The molecule has 1 aromatic heterocycles. The maximum Gasteiger partial charge on any atom is 0.222 e. The quantitative estimate of drug-likeness (QED) is 0.793. The Morgan fingerprint density at radius 1 is 1.33 bits per heavy atom. The predicted molar refractivity (Wildman–Crippen MR) is 100 cm³/mol. The van der Waals surface area contributed by atoms with Crippen molar-refractivity contribution < 1.29 is 14.2 Å². The number of hydrogen-bond donors (Lipinski definition) is 2. The van der Waals surface area contributed by atoms with E-state index in [9.17, 15) is 9.50 Å². The van der Waals surface area contributed by atoms with Crippen molar-refractivity contribution in [2.75, 3.05) is 24.3 Å². The Bertz CT molecular complexity index is 945. The summed E-state index contributed by atoms with van der Waals surface area (Å²) in [5.41, 5.74) is 7.19. The third kappa shape index (κ3) is 3.28. The van der Waals surface area contributed by atoms with E-state index in [4.69, 9.17) is 10.5 Å². The average molecular weight is 368 g/mol. The van der Waals surface area contributed by atoms with Crippen LogP contribution in [0.15, 0.2) is 18.3 Å². The van der Waals surface area contributed by atoms with Crippen LogP contribution < -0.4 is 15.4 Å². The van der Waals surface area contributed by atoms with Gasteiger partial charge < -0.3 is 20.5 Å². The number of fused-ring (bicyclic) bond motifs is 1. The molecule has 0 spiro atoms. The first-order chi connectivity index (χ1) is 13.0. The summed E-state index contributed by atoms with van der Waals surface area (Å²) in [7, 11) is 1.60. The summed E-state index contributed by atoms with van der Waals surface area (Å²) in [6.45, 7) is 0.555. The van der Waals surface area contributed by atoms with E-state index in [1.807, 2.05) is 12.1 Å². The van der Waals surface area contributed by atoms with Gasteiger partial charge in [-0.05, 0) is 44.2 Å². The van der Waals surface area contributed by atoms with Crippen LogP contribution in [0.25, 0.3) is 0 Å². The molecule has 140 valence electrons. The molecular formula is C20H21FN4O2. The first kappa shape index (κ1) is 17.6. The van der Waals surface area contributed by atoms with E-state index in [-0.39, 0.29) is 11.8 Å². The fourth-order valence-corrected chi connectivity index (χ4v) is 3.78. The van der Waals surface area contributed by atoms with Gasteiger partial charge in [0, 0.05) is 17.7 Å². The largest absolute Gasteiger partial charge is 0.496 e. The highest BCUT2D eigenvalue weighted by Crippen LogP contribution is 2.40. The second kappa shape index (κ2) is 6.71. The molecule has 2 aromatic rings. The third-order valence-corrected chi connectivity index (χ3v) is 5.15. The highest BCUT2D eigenvalue weighted by molar-refractivity contribution is 5.73. The molecule has 1 saturated carbocycles. The van der Waals surface area contributed by atoms with E-state index < -0.39 is 11.4 Å². The zero-order chi connectivity index (χ0) is 19.0. The first-order valence-electron chi connectivity index (χ1n) is 9.01. The molecule has 0 unspecified atom stereocenters. The molecule has 27 heavy (non-hydrogen) atoms. The lowest BCUT2D eigenvalue weighted by atomic mass is 10.0. The average Bonchev–Trinajstić information content (AvgIpc) is 3.28. The SMILES string of the molecule is COc1cc(C#CC2(O)CCCC2)cc2c1CCN2c1nc(N)ncc1F. The molecule has 0 radical (unpaired) electrons. The van der Waals surface area contributed by atoms with Crippen LogP contribution in [0.3, 0.4) is 0 Å². The van der Waals surface area contributed by atoms with E-state index in [0.29, 0.717) is 37.1 Å². The van der Waals surface area contributed by atoms with Gasteiger partial charge >= 0.3 is 0 Å². The van der Waals surface area contributed by atoms with Gasteiger partial charge in [-0.1, -0.05) is 11.8 Å². The number of nitrogen functional groups attached to an aromatic ring is 1. The zero-order valence-corrected chi connectivity index (χ0v) is 15.1. The molecule has 1 fully saturated rings. The highest BCUT2D eigenvalue weighted by atomic mass is 19.1. The molecule has 0 amide bonds. The van der Waals surface area contributed by atoms with Gasteiger partial charge in [0.1, 0.15) is 11.4 Å². The monoisotopic (exact) mass is 368 g/mol. The number of nitrogens with zero attached hydrogens (tertiary/aromatic N) is 3. The van der Waals surface area contributed by atoms with Gasteiger partial charge in [0.05, 0.1) is 19.0 Å². The molecule has 3 N–H and O–H groups in total. The van der Waals surface area contributed by atoms with Gasteiger partial charge in [0.2, 0.25) is 5.95 Å². The van der Waals surface area contributed by atoms with Crippen LogP contribution >= 0.6 is 0 Å². The number of ether oxygens (including phenoxy) is 1. The number of halogens is 1. The van der Waals surface area contributed by atoms with Gasteiger partial charge in [-0.2, -0.15) is 4.98 Å². The summed E-state index contributed by atoms with van der Waals surface area (Å²) >= 11 is 0. The Balaban J connectivity index is 1.76. The lowest BCUT2D eigenvalue weighted by Crippen LogP contribution is -2.20. The Kier molecular flexibility index (Phi) is 4.36. The number of aliphatic hydroxyl groups is 1. The fraction of sp³-hybridized carbons (Fsp3) is 0.400. The summed E-state index contributed by atoms with van der Waals surface area (Å²) in [4.78, 5) is 9.51. The molecule has 1 aliphatic heterocycles. The molecule has 6 nitrogen and oxygen atoms in total. The molecule has 4 rings (SSSR count). The molecule has 1 aromatic carbocycles. The van der Waals surface area contributed by atoms with Crippen LogP contribution in [0.5, 0.6) is 5.75 Å². The Morgan fingerprint density at radius 2 is 2.11 bits per heavy atom. The molecule has 1 aliphatic carbocycles. The van der Waals surface area contributed by atoms with Crippen molar-refractivity contribution in [3.63, 3.8) is 0 Å². The van der Waals surface area contributed by atoms with Crippen molar-refractivity contribution >= 4 is 17.5 Å². The topological polar surface area (TPSA) is 84.5 Å². The molecule has 0 atom stereocenters. The van der Waals surface area contributed by atoms with Gasteiger partial charge in [-0.25, -0.2) is 9.37 Å². The Hall–Kier alpha value is -2.85. The summed E-state index contributed by atoms with van der Waals surface area (Å²) in [5.74, 6) is 6.40. The smallest absolute Gasteiger partial charge is 0.222 e. The van der Waals surface area contributed by atoms with Crippen LogP contribution in [-0.4, -0.2) is 34.3 Å². The van der Waals surface area contributed by atoms with Crippen LogP contribution in [-0.2, 0) is 6.42 Å². The molecule has 2 heterocycles. The Morgan fingerprint density at radius 3 is 2.85 bits per heavy atom. The van der Waals surface area contributed by atoms with E-state index >= 15 is 0 Å². The number of hydrogen-bond acceptors (Lipinski definition) is 6. The normalized spacial score (nSPS) is 17.4. The number of anilines is 3. The maximum absolute atomic E-state index is 14.3. The van der Waals surface area contributed by atoms with Crippen LogP contribution in [0, 0.1) is 17.7 Å². The predicted octanol–water partition coefficient (Wildman–Crippen LogP) is 2.56. The van der Waals surface area contributed by atoms with Crippen LogP contribution in [0.1, 0.15) is 36.8 Å². The van der Waals surface area contributed by atoms with Gasteiger partial charge in [-0.3, -0.25) is 0 Å². The number of methoxy groups -OCH3 is 1. The van der Waals surface area contributed by atoms with E-state index in [2.05, 4.69) is 21.8 Å². The number of nitrogens with two attached hydrogens (primary N) is 1. The second-order valence-corrected chi connectivity index (χ2v) is 6.97. The minimum atomic E-state index is -0.918. The van der Waals surface area contributed by atoms with Crippen molar-refractivity contribution in [3.8, 4) is 17.6 Å².